The van der Waals surface area contributed by atoms with Gasteiger partial charge in [0.05, 0.1) is 25.5 Å². The lowest BCUT2D eigenvalue weighted by molar-refractivity contribution is 0.154. The molecule has 0 fully saturated rings. The lowest BCUT2D eigenvalue weighted by Gasteiger charge is -2.12. The molecule has 0 aromatic heterocycles. The monoisotopic (exact) mass is 523 g/mol. The third-order valence-electron chi connectivity index (χ3n) is 2.90. The summed E-state index contributed by atoms with van der Waals surface area (Å²) < 4.78 is 27.2. The molecule has 0 aliphatic heterocycles. The van der Waals surface area contributed by atoms with Crippen LogP contribution in [-0.4, -0.2) is 52.7 Å². The Morgan fingerprint density at radius 1 is 1.24 bits per heavy atom. The van der Waals surface area contributed by atoms with Gasteiger partial charge in [0.1, 0.15) is 9.84 Å². The van der Waals surface area contributed by atoms with E-state index < -0.39 is 9.84 Å². The Labute approximate surface area is 176 Å². The minimum atomic E-state index is -2.99. The second-order valence-corrected chi connectivity index (χ2v) is 8.20. The molecule has 0 aliphatic carbocycles. The maximum atomic E-state index is 11.0. The van der Waals surface area contributed by atoms with Crippen molar-refractivity contribution in [2.24, 2.45) is 4.99 Å². The molecule has 0 heterocycles. The minimum Gasteiger partial charge on any atom is -0.379 e. The number of guanidine groups is 1. The molecule has 1 rings (SSSR count). The summed E-state index contributed by atoms with van der Waals surface area (Å²) >= 11 is 12.0. The van der Waals surface area contributed by atoms with Crippen molar-refractivity contribution in [1.82, 2.24) is 10.6 Å². The summed E-state index contributed by atoms with van der Waals surface area (Å²) in [5, 5.41) is 7.39. The van der Waals surface area contributed by atoms with Crippen LogP contribution in [0.4, 0.5) is 0 Å². The molecule has 0 aliphatic rings. The fraction of sp³-hybridized carbons (Fsp3) is 0.533. The second-order valence-electron chi connectivity index (χ2n) is 5.10. The molecule has 1 aromatic carbocycles. The summed E-state index contributed by atoms with van der Waals surface area (Å²) in [4.78, 5) is 4.45. The standard InChI is InChI=1S/C15H23Cl2N3O3S.HI/c1-3-18-15(19-6-7-23-8-9-24(2,21)22)20-11-12-4-5-13(16)10-14(12)17;/h4-5,10H,3,6-9,11H2,1-2H3,(H2,18,19,20);1H. The van der Waals surface area contributed by atoms with Gasteiger partial charge in [0.25, 0.3) is 0 Å². The Morgan fingerprint density at radius 2 is 1.96 bits per heavy atom. The summed E-state index contributed by atoms with van der Waals surface area (Å²) in [6.45, 7) is 4.20. The van der Waals surface area contributed by atoms with Gasteiger partial charge in [0.2, 0.25) is 0 Å². The molecule has 10 heteroatoms. The van der Waals surface area contributed by atoms with E-state index in [1.807, 2.05) is 13.0 Å². The number of sulfone groups is 1. The van der Waals surface area contributed by atoms with E-state index in [4.69, 9.17) is 27.9 Å². The Morgan fingerprint density at radius 3 is 2.56 bits per heavy atom. The lowest BCUT2D eigenvalue weighted by atomic mass is 10.2. The van der Waals surface area contributed by atoms with Gasteiger partial charge in [0.15, 0.2) is 5.96 Å². The van der Waals surface area contributed by atoms with E-state index in [1.165, 1.54) is 6.26 Å². The summed E-state index contributed by atoms with van der Waals surface area (Å²) in [7, 11) is -2.99. The Kier molecular flexibility index (Phi) is 12.8. The first kappa shape index (κ1) is 24.7. The van der Waals surface area contributed by atoms with Crippen molar-refractivity contribution in [2.75, 3.05) is 38.3 Å². The number of rotatable bonds is 9. The molecular formula is C15H24Cl2IN3O3S. The number of hydrogen-bond donors (Lipinski definition) is 2. The van der Waals surface area contributed by atoms with Gasteiger partial charge >= 0.3 is 0 Å². The molecule has 144 valence electrons. The van der Waals surface area contributed by atoms with E-state index in [0.717, 1.165) is 12.1 Å². The van der Waals surface area contributed by atoms with Crippen molar-refractivity contribution in [3.05, 3.63) is 33.8 Å². The van der Waals surface area contributed by atoms with Gasteiger partial charge in [-0.3, -0.25) is 0 Å². The van der Waals surface area contributed by atoms with Crippen LogP contribution in [0.2, 0.25) is 10.0 Å². The Hall–Kier alpha value is -0.290. The molecule has 2 N–H and O–H groups in total. The quantitative estimate of drug-likeness (QED) is 0.225. The summed E-state index contributed by atoms with van der Waals surface area (Å²) in [5.74, 6) is 0.659. The zero-order chi connectivity index (χ0) is 18.0. The van der Waals surface area contributed by atoms with Gasteiger partial charge in [0, 0.05) is 29.4 Å². The molecule has 0 radical (unpaired) electrons. The average Bonchev–Trinajstić information content (AvgIpc) is 2.48. The average molecular weight is 524 g/mol. The number of halogens is 3. The predicted octanol–water partition coefficient (Wildman–Crippen LogP) is 2.73. The van der Waals surface area contributed by atoms with Crippen LogP contribution >= 0.6 is 47.2 Å². The molecular weight excluding hydrogens is 500 g/mol. The van der Waals surface area contributed by atoms with Gasteiger partial charge in [-0.05, 0) is 24.6 Å². The molecule has 0 unspecified atom stereocenters. The van der Waals surface area contributed by atoms with Gasteiger partial charge in [-0.25, -0.2) is 13.4 Å². The molecule has 0 spiro atoms. The molecule has 0 saturated carbocycles. The van der Waals surface area contributed by atoms with Crippen LogP contribution in [0, 0.1) is 0 Å². The summed E-state index contributed by atoms with van der Waals surface area (Å²) in [6.07, 6.45) is 1.19. The maximum absolute atomic E-state index is 11.0. The van der Waals surface area contributed by atoms with E-state index in [-0.39, 0.29) is 36.3 Å². The Bertz CT molecular complexity index is 657. The van der Waals surface area contributed by atoms with Gasteiger partial charge in [-0.15, -0.1) is 24.0 Å². The van der Waals surface area contributed by atoms with Crippen LogP contribution in [0.5, 0.6) is 0 Å². The van der Waals surface area contributed by atoms with Crippen molar-refractivity contribution in [3.63, 3.8) is 0 Å². The number of nitrogens with zero attached hydrogens (tertiary/aromatic N) is 1. The second kappa shape index (κ2) is 13.0. The first-order valence-electron chi connectivity index (χ1n) is 7.53. The van der Waals surface area contributed by atoms with Gasteiger partial charge in [-0.1, -0.05) is 29.3 Å². The highest BCUT2D eigenvalue weighted by atomic mass is 127. The fourth-order valence-electron chi connectivity index (χ4n) is 1.71. The third-order valence-corrected chi connectivity index (χ3v) is 4.40. The Balaban J connectivity index is 0.00000576. The zero-order valence-corrected chi connectivity index (χ0v) is 18.9. The smallest absolute Gasteiger partial charge is 0.191 e. The maximum Gasteiger partial charge on any atom is 0.191 e. The van der Waals surface area contributed by atoms with E-state index in [1.54, 1.807) is 12.1 Å². The van der Waals surface area contributed by atoms with Crippen LogP contribution in [0.1, 0.15) is 12.5 Å². The largest absolute Gasteiger partial charge is 0.379 e. The van der Waals surface area contributed by atoms with E-state index in [9.17, 15) is 8.42 Å². The highest BCUT2D eigenvalue weighted by molar-refractivity contribution is 14.0. The SMILES string of the molecule is CCNC(=NCc1ccc(Cl)cc1Cl)NCCOCCS(C)(=O)=O.I. The van der Waals surface area contributed by atoms with Crippen molar-refractivity contribution < 1.29 is 13.2 Å². The van der Waals surface area contributed by atoms with Crippen LogP contribution in [0.15, 0.2) is 23.2 Å². The predicted molar refractivity (Wildman–Crippen MR) is 115 cm³/mol. The number of hydrogen-bond acceptors (Lipinski definition) is 4. The number of aliphatic imine (C=N–C) groups is 1. The highest BCUT2D eigenvalue weighted by Gasteiger charge is 2.03. The van der Waals surface area contributed by atoms with Crippen molar-refractivity contribution in [3.8, 4) is 0 Å². The molecule has 0 bridgehead atoms. The fourth-order valence-corrected chi connectivity index (χ4v) is 2.60. The van der Waals surface area contributed by atoms with Crippen LogP contribution in [-0.2, 0) is 21.1 Å². The lowest BCUT2D eigenvalue weighted by Crippen LogP contribution is -2.39. The van der Waals surface area contributed by atoms with E-state index in [0.29, 0.717) is 35.7 Å². The summed E-state index contributed by atoms with van der Waals surface area (Å²) in [6, 6.07) is 5.30. The molecule has 0 atom stereocenters. The highest BCUT2D eigenvalue weighted by Crippen LogP contribution is 2.21. The molecule has 0 amide bonds. The molecule has 1 aromatic rings. The van der Waals surface area contributed by atoms with Gasteiger partial charge in [-0.2, -0.15) is 0 Å². The van der Waals surface area contributed by atoms with Crippen LogP contribution in [0.3, 0.4) is 0 Å². The zero-order valence-electron chi connectivity index (χ0n) is 14.2. The number of ether oxygens (including phenoxy) is 1. The number of nitrogens with one attached hydrogen (secondary N) is 2. The first-order valence-corrected chi connectivity index (χ1v) is 10.3. The van der Waals surface area contributed by atoms with E-state index >= 15 is 0 Å². The van der Waals surface area contributed by atoms with Crippen molar-refractivity contribution in [2.45, 2.75) is 13.5 Å². The third kappa shape index (κ3) is 11.8. The summed E-state index contributed by atoms with van der Waals surface area (Å²) in [5.41, 5.74) is 0.877. The first-order chi connectivity index (χ1) is 11.3. The minimum absolute atomic E-state index is 0. The van der Waals surface area contributed by atoms with Gasteiger partial charge < -0.3 is 15.4 Å². The van der Waals surface area contributed by atoms with E-state index in [2.05, 4.69) is 15.6 Å². The molecule has 25 heavy (non-hydrogen) atoms. The molecule has 6 nitrogen and oxygen atoms in total. The normalized spacial score (nSPS) is 11.8. The topological polar surface area (TPSA) is 79.8 Å². The van der Waals surface area contributed by atoms with Crippen molar-refractivity contribution >= 4 is 63.0 Å². The van der Waals surface area contributed by atoms with Crippen LogP contribution < -0.4 is 10.6 Å². The molecule has 0 saturated heterocycles. The van der Waals surface area contributed by atoms with Crippen molar-refractivity contribution in [1.29, 1.82) is 0 Å². The van der Waals surface area contributed by atoms with Crippen LogP contribution in [0.25, 0.3) is 0 Å². The number of benzene rings is 1.